The zero-order valence-corrected chi connectivity index (χ0v) is 33.4. The SMILES string of the molecule is O=C([O-])C1C=CCCC1C(=O)[O-].c1cc[c]([Sn+]([c]2ccccc2)[c]2ccccc2)cc1.c1cc[c]([Sn+]([c]2ccccc2)[c]2ccccc2)cc1. The summed E-state index contributed by atoms with van der Waals surface area (Å²) in [6.45, 7) is 0. The van der Waals surface area contributed by atoms with E-state index in [-0.39, 0.29) is 0 Å². The van der Waals surface area contributed by atoms with Crippen LogP contribution in [0.4, 0.5) is 0 Å². The summed E-state index contributed by atoms with van der Waals surface area (Å²) in [4.78, 5) is 20.8. The zero-order valence-electron chi connectivity index (χ0n) is 27.7. The number of aliphatic carboxylic acids is 2. The molecule has 0 heterocycles. The van der Waals surface area contributed by atoms with Crippen LogP contribution in [-0.2, 0) is 9.59 Å². The predicted molar refractivity (Wildman–Crippen MR) is 203 cm³/mol. The molecule has 4 nitrogen and oxygen atoms in total. The number of hydrogen-bond donors (Lipinski definition) is 0. The summed E-state index contributed by atoms with van der Waals surface area (Å²) in [5.41, 5.74) is 0. The van der Waals surface area contributed by atoms with E-state index in [9.17, 15) is 19.8 Å². The number of carboxylic acid groups (broad SMARTS) is 2. The van der Waals surface area contributed by atoms with Crippen molar-refractivity contribution in [2.75, 3.05) is 0 Å². The van der Waals surface area contributed by atoms with E-state index in [0.29, 0.717) is 12.8 Å². The van der Waals surface area contributed by atoms with Gasteiger partial charge in [0.1, 0.15) is 0 Å². The van der Waals surface area contributed by atoms with Crippen molar-refractivity contribution in [3.05, 3.63) is 194 Å². The summed E-state index contributed by atoms with van der Waals surface area (Å²) >= 11 is -3.96. The van der Waals surface area contributed by atoms with Crippen molar-refractivity contribution in [2.24, 2.45) is 11.8 Å². The van der Waals surface area contributed by atoms with Crippen LogP contribution in [0.1, 0.15) is 12.8 Å². The molecule has 0 saturated carbocycles. The summed E-state index contributed by atoms with van der Waals surface area (Å²) in [5.74, 6) is -4.61. The third-order valence-electron chi connectivity index (χ3n) is 8.37. The monoisotopic (exact) mass is 870 g/mol. The molecule has 0 bridgehead atoms. The van der Waals surface area contributed by atoms with Crippen molar-refractivity contribution in [1.29, 1.82) is 0 Å². The van der Waals surface area contributed by atoms with Crippen LogP contribution in [0.25, 0.3) is 0 Å². The van der Waals surface area contributed by atoms with Crippen LogP contribution < -0.4 is 31.7 Å². The maximum absolute atomic E-state index is 10.4. The minimum atomic E-state index is -1.98. The minimum absolute atomic E-state index is 0.317. The topological polar surface area (TPSA) is 80.3 Å². The van der Waals surface area contributed by atoms with Gasteiger partial charge < -0.3 is 19.8 Å². The van der Waals surface area contributed by atoms with Crippen LogP contribution in [0.15, 0.2) is 194 Å². The van der Waals surface area contributed by atoms with Crippen molar-refractivity contribution in [2.45, 2.75) is 12.8 Å². The number of carbonyl (C=O) groups excluding carboxylic acids is 2. The van der Waals surface area contributed by atoms with Gasteiger partial charge in [0, 0.05) is 23.8 Å². The molecule has 0 aliphatic heterocycles. The number of carboxylic acids is 2. The normalized spacial score (nSPS) is 14.5. The fraction of sp³-hybridized carbons (Fsp3) is 0.0909. The van der Waals surface area contributed by atoms with Crippen molar-refractivity contribution in [1.82, 2.24) is 0 Å². The van der Waals surface area contributed by atoms with Gasteiger partial charge in [-0.25, -0.2) is 0 Å². The Morgan fingerprint density at radius 1 is 0.420 bits per heavy atom. The van der Waals surface area contributed by atoms with E-state index in [1.54, 1.807) is 6.08 Å². The summed E-state index contributed by atoms with van der Waals surface area (Å²) < 4.78 is 9.18. The second-order valence-corrected chi connectivity index (χ2v) is 25.9. The molecule has 0 fully saturated rings. The van der Waals surface area contributed by atoms with E-state index in [0.717, 1.165) is 0 Å². The first-order valence-corrected chi connectivity index (χ1v) is 25.2. The van der Waals surface area contributed by atoms with Crippen molar-refractivity contribution in [3.63, 3.8) is 0 Å². The third-order valence-corrected chi connectivity index (χ3v) is 24.0. The predicted octanol–water partition coefficient (Wildman–Crippen LogP) is 2.47. The van der Waals surface area contributed by atoms with Crippen molar-refractivity contribution >= 4 is 72.9 Å². The first-order valence-electron chi connectivity index (χ1n) is 16.7. The Bertz CT molecular complexity index is 1600. The van der Waals surface area contributed by atoms with E-state index in [4.69, 9.17) is 0 Å². The second-order valence-electron chi connectivity index (χ2n) is 11.7. The molecule has 0 spiro atoms. The molecule has 6 aromatic carbocycles. The standard InChI is InChI=1S/C8H10O4.6C6H5.2Sn/c9-7(10)5-3-1-2-4-6(5)8(11)12;6*1-2-4-6-5-3-1;;/h1,3,5-6H,2,4H2,(H,9,10)(H,11,12);6*1-5H;;/q;;;;;;;2*+1/p-2. The van der Waals surface area contributed by atoms with Crippen molar-refractivity contribution < 1.29 is 19.8 Å². The quantitative estimate of drug-likeness (QED) is 0.174. The van der Waals surface area contributed by atoms with E-state index in [1.165, 1.54) is 27.6 Å². The molecule has 0 saturated heterocycles. The van der Waals surface area contributed by atoms with E-state index < -0.39 is 63.3 Å². The summed E-state index contributed by atoms with van der Waals surface area (Å²) in [6, 6.07) is 65.9. The maximum atomic E-state index is 10.4. The first kappa shape index (κ1) is 36.9. The summed E-state index contributed by atoms with van der Waals surface area (Å²) in [5, 5.41) is 20.8. The molecule has 0 amide bonds. The van der Waals surface area contributed by atoms with Gasteiger partial charge in [-0.05, 0) is 12.8 Å². The summed E-state index contributed by atoms with van der Waals surface area (Å²) in [7, 11) is 0. The van der Waals surface area contributed by atoms with Gasteiger partial charge in [0.2, 0.25) is 0 Å². The van der Waals surface area contributed by atoms with Gasteiger partial charge >= 0.3 is 243 Å². The Hall–Kier alpha value is -4.40. The van der Waals surface area contributed by atoms with E-state index in [2.05, 4.69) is 182 Å². The van der Waals surface area contributed by atoms with Gasteiger partial charge in [-0.2, -0.15) is 0 Å². The van der Waals surface area contributed by atoms with Gasteiger partial charge in [0.15, 0.2) is 0 Å². The molecular formula is C44H38O4Sn2. The molecular weight excluding hydrogens is 830 g/mol. The molecule has 2 unspecified atom stereocenters. The second kappa shape index (κ2) is 19.7. The molecule has 2 atom stereocenters. The molecule has 50 heavy (non-hydrogen) atoms. The average Bonchev–Trinajstić information content (AvgIpc) is 3.18. The third kappa shape index (κ3) is 10.5. The Morgan fingerprint density at radius 3 is 0.880 bits per heavy atom. The number of carbonyl (C=O) groups is 2. The first-order chi connectivity index (χ1) is 24.5. The molecule has 7 rings (SSSR count). The number of hydrogen-bond acceptors (Lipinski definition) is 4. The van der Waals surface area contributed by atoms with Crippen LogP contribution in [0.5, 0.6) is 0 Å². The van der Waals surface area contributed by atoms with Crippen LogP contribution in [-0.4, -0.2) is 51.5 Å². The average molecular weight is 868 g/mol. The fourth-order valence-electron chi connectivity index (χ4n) is 5.97. The van der Waals surface area contributed by atoms with Gasteiger partial charge in [0.25, 0.3) is 0 Å². The zero-order chi connectivity index (χ0) is 35.0. The molecule has 246 valence electrons. The Balaban J connectivity index is 0.000000150. The van der Waals surface area contributed by atoms with Crippen LogP contribution >= 0.6 is 0 Å². The number of allylic oxidation sites excluding steroid dienone is 1. The molecule has 1 aliphatic rings. The Kier molecular flexibility index (Phi) is 14.5. The van der Waals surface area contributed by atoms with Gasteiger partial charge in [-0.3, -0.25) is 0 Å². The molecule has 0 aromatic heterocycles. The molecule has 0 N–H and O–H groups in total. The van der Waals surface area contributed by atoms with Gasteiger partial charge in [0.05, 0.1) is 0 Å². The molecule has 1 aliphatic carbocycles. The molecule has 6 heteroatoms. The van der Waals surface area contributed by atoms with E-state index in [1.807, 2.05) is 0 Å². The fourth-order valence-corrected chi connectivity index (χ4v) is 20.7. The summed E-state index contributed by atoms with van der Waals surface area (Å²) in [6.07, 6.45) is 3.92. The van der Waals surface area contributed by atoms with E-state index >= 15 is 0 Å². The Labute approximate surface area is 309 Å². The molecule has 0 radical (unpaired) electrons. The van der Waals surface area contributed by atoms with Crippen LogP contribution in [0.2, 0.25) is 0 Å². The number of rotatable bonds is 8. The van der Waals surface area contributed by atoms with Gasteiger partial charge in [-0.15, -0.1) is 0 Å². The Morgan fingerprint density at radius 2 is 0.680 bits per heavy atom. The van der Waals surface area contributed by atoms with Crippen molar-refractivity contribution in [3.8, 4) is 0 Å². The number of benzene rings is 6. The van der Waals surface area contributed by atoms with Crippen LogP contribution in [0.3, 0.4) is 0 Å². The van der Waals surface area contributed by atoms with Crippen LogP contribution in [0, 0.1) is 11.8 Å². The van der Waals surface area contributed by atoms with Gasteiger partial charge in [-0.1, -0.05) is 12.2 Å². The molecule has 6 aromatic rings.